The highest BCUT2D eigenvalue weighted by molar-refractivity contribution is 9.11. The van der Waals surface area contributed by atoms with Gasteiger partial charge in [-0.2, -0.15) is 0 Å². The molecule has 0 bridgehead atoms. The number of aromatic nitrogens is 2. The zero-order chi connectivity index (χ0) is 14.0. The Labute approximate surface area is 125 Å². The number of anilines is 2. The van der Waals surface area contributed by atoms with E-state index in [0.29, 0.717) is 9.21 Å². The fraction of sp³-hybridized carbons (Fsp3) is 0. The number of amides is 1. The van der Waals surface area contributed by atoms with Gasteiger partial charge in [-0.15, -0.1) is 0 Å². The number of carbonyl (C=O) groups excluding carboxylic acids is 1. The lowest BCUT2D eigenvalue weighted by Gasteiger charge is -2.08. The van der Waals surface area contributed by atoms with Gasteiger partial charge in [-0.3, -0.25) is 4.79 Å². The third kappa shape index (κ3) is 3.02. The van der Waals surface area contributed by atoms with E-state index in [0.717, 1.165) is 0 Å². The molecular weight excluding hydrogens is 380 g/mol. The molecule has 0 unspecified atom stereocenters. The molecule has 0 radical (unpaired) electrons. The second-order valence-electron chi connectivity index (χ2n) is 3.53. The van der Waals surface area contributed by atoms with E-state index in [1.165, 1.54) is 18.3 Å². The van der Waals surface area contributed by atoms with Crippen LogP contribution in [0.2, 0.25) is 0 Å². The summed E-state index contributed by atoms with van der Waals surface area (Å²) in [6, 6.07) is 4.54. The number of hydrogen-bond donors (Lipinski definition) is 3. The minimum atomic E-state index is -0.526. The summed E-state index contributed by atoms with van der Waals surface area (Å²) in [4.78, 5) is 20.0. The number of nitrogen functional groups attached to an aromatic ring is 1. The van der Waals surface area contributed by atoms with Gasteiger partial charge in [0.25, 0.3) is 5.91 Å². The third-order valence-electron chi connectivity index (χ3n) is 2.24. The lowest BCUT2D eigenvalue weighted by atomic mass is 10.1. The highest BCUT2D eigenvalue weighted by Crippen LogP contribution is 2.26. The summed E-state index contributed by atoms with van der Waals surface area (Å²) in [6.45, 7) is 0. The van der Waals surface area contributed by atoms with Gasteiger partial charge in [0.1, 0.15) is 9.21 Å². The number of para-hydroxylation sites is 1. The SMILES string of the molecule is Nc1cccc(C(=O)Nc2ncc(Br)nc2Br)c1O. The van der Waals surface area contributed by atoms with Crippen LogP contribution in [0.5, 0.6) is 5.75 Å². The van der Waals surface area contributed by atoms with E-state index < -0.39 is 5.91 Å². The van der Waals surface area contributed by atoms with Crippen LogP contribution < -0.4 is 11.1 Å². The molecule has 0 fully saturated rings. The first kappa shape index (κ1) is 13.8. The van der Waals surface area contributed by atoms with E-state index in [9.17, 15) is 9.90 Å². The fourth-order valence-corrected chi connectivity index (χ4v) is 2.26. The highest BCUT2D eigenvalue weighted by Gasteiger charge is 2.15. The van der Waals surface area contributed by atoms with Crippen LogP contribution in [0.4, 0.5) is 11.5 Å². The van der Waals surface area contributed by atoms with Crippen molar-refractivity contribution in [3.63, 3.8) is 0 Å². The lowest BCUT2D eigenvalue weighted by Crippen LogP contribution is -2.14. The van der Waals surface area contributed by atoms with Crippen LogP contribution in [0.3, 0.4) is 0 Å². The van der Waals surface area contributed by atoms with Crippen molar-refractivity contribution in [2.24, 2.45) is 0 Å². The van der Waals surface area contributed by atoms with Gasteiger partial charge in [0.2, 0.25) is 0 Å². The Morgan fingerprint density at radius 3 is 2.79 bits per heavy atom. The smallest absolute Gasteiger partial charge is 0.260 e. The van der Waals surface area contributed by atoms with Gasteiger partial charge < -0.3 is 16.2 Å². The predicted molar refractivity (Wildman–Crippen MR) is 77.9 cm³/mol. The molecular formula is C11H8Br2N4O2. The van der Waals surface area contributed by atoms with Gasteiger partial charge in [0, 0.05) is 0 Å². The largest absolute Gasteiger partial charge is 0.505 e. The van der Waals surface area contributed by atoms with Gasteiger partial charge in [-0.05, 0) is 44.0 Å². The van der Waals surface area contributed by atoms with Crippen molar-refractivity contribution in [3.8, 4) is 5.75 Å². The third-order valence-corrected chi connectivity index (χ3v) is 3.18. The lowest BCUT2D eigenvalue weighted by molar-refractivity contribution is 0.102. The molecule has 6 nitrogen and oxygen atoms in total. The van der Waals surface area contributed by atoms with Crippen molar-refractivity contribution >= 4 is 49.3 Å². The molecule has 1 heterocycles. The van der Waals surface area contributed by atoms with Crippen LogP contribution in [0.15, 0.2) is 33.6 Å². The monoisotopic (exact) mass is 386 g/mol. The Morgan fingerprint density at radius 2 is 2.11 bits per heavy atom. The molecule has 0 aliphatic rings. The number of rotatable bonds is 2. The maximum Gasteiger partial charge on any atom is 0.260 e. The summed E-state index contributed by atoms with van der Waals surface area (Å²) in [5.74, 6) is -0.543. The van der Waals surface area contributed by atoms with Gasteiger partial charge in [0.15, 0.2) is 11.6 Å². The first-order chi connectivity index (χ1) is 8.99. The summed E-state index contributed by atoms with van der Waals surface area (Å²) >= 11 is 6.33. The first-order valence-electron chi connectivity index (χ1n) is 5.06. The number of hydrogen-bond acceptors (Lipinski definition) is 5. The maximum atomic E-state index is 12.0. The van der Waals surface area contributed by atoms with Crippen molar-refractivity contribution < 1.29 is 9.90 Å². The Kier molecular flexibility index (Phi) is 4.01. The van der Waals surface area contributed by atoms with Crippen LogP contribution in [-0.4, -0.2) is 21.0 Å². The molecule has 19 heavy (non-hydrogen) atoms. The second-order valence-corrected chi connectivity index (χ2v) is 5.09. The number of halogens is 2. The molecule has 4 N–H and O–H groups in total. The Hall–Kier alpha value is -1.67. The number of benzene rings is 1. The van der Waals surface area contributed by atoms with E-state index in [1.807, 2.05) is 0 Å². The van der Waals surface area contributed by atoms with E-state index in [1.54, 1.807) is 6.07 Å². The molecule has 98 valence electrons. The molecule has 1 aromatic carbocycles. The quantitative estimate of drug-likeness (QED) is 0.543. The van der Waals surface area contributed by atoms with E-state index in [-0.39, 0.29) is 22.8 Å². The molecule has 0 atom stereocenters. The van der Waals surface area contributed by atoms with Crippen molar-refractivity contribution in [3.05, 3.63) is 39.2 Å². The van der Waals surface area contributed by atoms with Crippen molar-refractivity contribution in [2.45, 2.75) is 0 Å². The molecule has 1 aromatic heterocycles. The Bertz CT molecular complexity index is 649. The second kappa shape index (κ2) is 5.54. The van der Waals surface area contributed by atoms with Crippen molar-refractivity contribution in [2.75, 3.05) is 11.1 Å². The highest BCUT2D eigenvalue weighted by atomic mass is 79.9. The number of nitrogens with one attached hydrogen (secondary N) is 1. The van der Waals surface area contributed by atoms with Crippen LogP contribution in [0, 0.1) is 0 Å². The minimum absolute atomic E-state index is 0.0663. The van der Waals surface area contributed by atoms with E-state index in [2.05, 4.69) is 47.1 Å². The number of aromatic hydroxyl groups is 1. The molecule has 1 amide bonds. The van der Waals surface area contributed by atoms with Crippen LogP contribution in [0.1, 0.15) is 10.4 Å². The molecule has 0 saturated heterocycles. The van der Waals surface area contributed by atoms with Crippen LogP contribution in [0.25, 0.3) is 0 Å². The summed E-state index contributed by atoms with van der Waals surface area (Å²) < 4.78 is 0.905. The van der Waals surface area contributed by atoms with Gasteiger partial charge >= 0.3 is 0 Å². The first-order valence-corrected chi connectivity index (χ1v) is 6.64. The number of phenolic OH excluding ortho intramolecular Hbond substituents is 1. The predicted octanol–water partition coefficient (Wildman–Crippen LogP) is 2.54. The summed E-state index contributed by atoms with van der Waals surface area (Å²) in [7, 11) is 0. The molecule has 0 spiro atoms. The topological polar surface area (TPSA) is 101 Å². The normalized spacial score (nSPS) is 10.2. The van der Waals surface area contributed by atoms with E-state index >= 15 is 0 Å². The van der Waals surface area contributed by atoms with Crippen LogP contribution in [-0.2, 0) is 0 Å². The summed E-state index contributed by atoms with van der Waals surface area (Å²) in [6.07, 6.45) is 1.44. The fourth-order valence-electron chi connectivity index (χ4n) is 1.35. The minimum Gasteiger partial charge on any atom is -0.505 e. The Balaban J connectivity index is 2.28. The van der Waals surface area contributed by atoms with Crippen molar-refractivity contribution in [1.82, 2.24) is 9.97 Å². The van der Waals surface area contributed by atoms with E-state index in [4.69, 9.17) is 5.73 Å². The maximum absolute atomic E-state index is 12.0. The number of carbonyl (C=O) groups is 1. The van der Waals surface area contributed by atoms with Crippen molar-refractivity contribution in [1.29, 1.82) is 0 Å². The summed E-state index contributed by atoms with van der Waals surface area (Å²) in [5, 5.41) is 12.2. The summed E-state index contributed by atoms with van der Waals surface area (Å²) in [5.41, 5.74) is 5.73. The van der Waals surface area contributed by atoms with Gasteiger partial charge in [0.05, 0.1) is 17.4 Å². The number of nitrogens with zero attached hydrogens (tertiary/aromatic N) is 2. The Morgan fingerprint density at radius 1 is 1.37 bits per heavy atom. The zero-order valence-corrected chi connectivity index (χ0v) is 12.6. The van der Waals surface area contributed by atoms with Gasteiger partial charge in [-0.25, -0.2) is 9.97 Å². The van der Waals surface area contributed by atoms with Crippen LogP contribution >= 0.6 is 31.9 Å². The number of phenols is 1. The van der Waals surface area contributed by atoms with Gasteiger partial charge in [-0.1, -0.05) is 6.07 Å². The molecule has 2 aromatic rings. The average molecular weight is 388 g/mol. The molecule has 0 aliphatic heterocycles. The molecule has 8 heteroatoms. The standard InChI is InChI=1S/C11H8Br2N4O2/c12-7-4-15-10(9(13)16-7)17-11(19)5-2-1-3-6(14)8(5)18/h1-4,18H,14H2,(H,15,17,19). The number of nitrogens with two attached hydrogens (primary N) is 1. The molecule has 0 saturated carbocycles. The zero-order valence-electron chi connectivity index (χ0n) is 9.39. The molecule has 2 rings (SSSR count). The average Bonchev–Trinajstić information content (AvgIpc) is 2.36. The molecule has 0 aliphatic carbocycles.